The summed E-state index contributed by atoms with van der Waals surface area (Å²) in [5.74, 6) is 0.773. The smallest absolute Gasteiger partial charge is 0.296 e. The van der Waals surface area contributed by atoms with E-state index in [9.17, 15) is 8.42 Å². The van der Waals surface area contributed by atoms with Gasteiger partial charge in [0.2, 0.25) is 0 Å². The van der Waals surface area contributed by atoms with Crippen LogP contribution in [-0.2, 0) is 14.3 Å². The standard InChI is InChI=1S/C16H26O3S.H3N/c1-15(2)11-7-4-3-5-10-14-19-20(17,18)16-12-8-6-9-13-16;/h6,8-9,12-13,15H,3-5,7,10-11,14H2,1-2H3;1H3. The van der Waals surface area contributed by atoms with Gasteiger partial charge in [0.15, 0.2) is 0 Å². The molecule has 0 amide bonds. The van der Waals surface area contributed by atoms with Crippen molar-refractivity contribution in [1.29, 1.82) is 0 Å². The van der Waals surface area contributed by atoms with Gasteiger partial charge in [-0.2, -0.15) is 8.42 Å². The van der Waals surface area contributed by atoms with E-state index in [1.165, 1.54) is 19.3 Å². The molecule has 0 saturated heterocycles. The van der Waals surface area contributed by atoms with E-state index in [0.29, 0.717) is 0 Å². The predicted octanol–water partition coefficient (Wildman–Crippen LogP) is 4.55. The molecule has 21 heavy (non-hydrogen) atoms. The van der Waals surface area contributed by atoms with Gasteiger partial charge >= 0.3 is 0 Å². The molecule has 1 aromatic carbocycles. The SMILES string of the molecule is CC(C)CCCCCCCOS(=O)(=O)c1ccccc1.N. The molecule has 3 N–H and O–H groups in total. The Morgan fingerprint density at radius 2 is 1.52 bits per heavy atom. The third kappa shape index (κ3) is 8.86. The number of unbranched alkanes of at least 4 members (excludes halogenated alkanes) is 4. The van der Waals surface area contributed by atoms with E-state index in [1.54, 1.807) is 30.3 Å². The van der Waals surface area contributed by atoms with Gasteiger partial charge < -0.3 is 6.15 Å². The van der Waals surface area contributed by atoms with Crippen molar-refractivity contribution in [3.63, 3.8) is 0 Å². The largest absolute Gasteiger partial charge is 0.344 e. The zero-order valence-electron chi connectivity index (χ0n) is 13.3. The molecular formula is C16H29NO3S. The third-order valence-electron chi connectivity index (χ3n) is 3.20. The summed E-state index contributed by atoms with van der Waals surface area (Å²) in [7, 11) is -3.57. The monoisotopic (exact) mass is 315 g/mol. The zero-order valence-corrected chi connectivity index (χ0v) is 14.1. The van der Waals surface area contributed by atoms with Gasteiger partial charge in [-0.1, -0.05) is 64.2 Å². The molecule has 1 aromatic rings. The lowest BCUT2D eigenvalue weighted by atomic mass is 10.0. The Kier molecular flexibility index (Phi) is 10.3. The average Bonchev–Trinajstić information content (AvgIpc) is 2.42. The molecule has 0 aliphatic rings. The second kappa shape index (κ2) is 10.8. The summed E-state index contributed by atoms with van der Waals surface area (Å²) in [5.41, 5.74) is 0. The van der Waals surface area contributed by atoms with Gasteiger partial charge in [0.05, 0.1) is 11.5 Å². The fraction of sp³-hybridized carbons (Fsp3) is 0.625. The summed E-state index contributed by atoms with van der Waals surface area (Å²) < 4.78 is 28.7. The first kappa shape index (κ1) is 20.1. The molecule has 0 bridgehead atoms. The van der Waals surface area contributed by atoms with Gasteiger partial charge in [-0.25, -0.2) is 0 Å². The van der Waals surface area contributed by atoms with Crippen LogP contribution in [-0.4, -0.2) is 15.0 Å². The first-order chi connectivity index (χ1) is 9.52. The Balaban J connectivity index is 0.00000400. The van der Waals surface area contributed by atoms with E-state index in [4.69, 9.17) is 4.18 Å². The molecule has 1 rings (SSSR count). The Labute approximate surface area is 129 Å². The molecule has 0 aliphatic heterocycles. The van der Waals surface area contributed by atoms with Crippen LogP contribution in [0.1, 0.15) is 52.4 Å². The molecule has 4 nitrogen and oxygen atoms in total. The Morgan fingerprint density at radius 3 is 2.14 bits per heavy atom. The summed E-state index contributed by atoms with van der Waals surface area (Å²) in [6, 6.07) is 8.30. The highest BCUT2D eigenvalue weighted by Crippen LogP contribution is 2.13. The highest BCUT2D eigenvalue weighted by molar-refractivity contribution is 7.86. The minimum Gasteiger partial charge on any atom is -0.344 e. The molecule has 0 spiro atoms. The Bertz CT molecular complexity index is 458. The maximum absolute atomic E-state index is 11.8. The maximum atomic E-state index is 11.8. The van der Waals surface area contributed by atoms with E-state index < -0.39 is 10.1 Å². The first-order valence-corrected chi connectivity index (χ1v) is 8.87. The minimum absolute atomic E-state index is 0. The average molecular weight is 315 g/mol. The molecule has 0 unspecified atom stereocenters. The van der Waals surface area contributed by atoms with Crippen LogP contribution in [0.2, 0.25) is 0 Å². The fourth-order valence-electron chi connectivity index (χ4n) is 2.01. The molecule has 5 heteroatoms. The van der Waals surface area contributed by atoms with Crippen molar-refractivity contribution in [2.75, 3.05) is 6.61 Å². The summed E-state index contributed by atoms with van der Waals surface area (Å²) >= 11 is 0. The molecule has 0 saturated carbocycles. The predicted molar refractivity (Wildman–Crippen MR) is 87.1 cm³/mol. The van der Waals surface area contributed by atoms with Crippen LogP contribution in [0.5, 0.6) is 0 Å². The van der Waals surface area contributed by atoms with Crippen LogP contribution < -0.4 is 6.15 Å². The molecule has 0 aromatic heterocycles. The van der Waals surface area contributed by atoms with Gasteiger partial charge in [0.25, 0.3) is 10.1 Å². The fourth-order valence-corrected chi connectivity index (χ4v) is 2.97. The summed E-state index contributed by atoms with van der Waals surface area (Å²) in [5, 5.41) is 0. The van der Waals surface area contributed by atoms with Gasteiger partial charge in [0, 0.05) is 0 Å². The lowest BCUT2D eigenvalue weighted by Gasteiger charge is -2.06. The Hall–Kier alpha value is -0.910. The van der Waals surface area contributed by atoms with Crippen LogP contribution in [0.4, 0.5) is 0 Å². The van der Waals surface area contributed by atoms with Crippen molar-refractivity contribution < 1.29 is 12.6 Å². The van der Waals surface area contributed by atoms with E-state index >= 15 is 0 Å². The molecule has 0 fully saturated rings. The highest BCUT2D eigenvalue weighted by Gasteiger charge is 2.13. The number of hydrogen-bond donors (Lipinski definition) is 1. The molecule has 0 radical (unpaired) electrons. The minimum atomic E-state index is -3.57. The van der Waals surface area contributed by atoms with Gasteiger partial charge in [-0.15, -0.1) is 0 Å². The second-order valence-electron chi connectivity index (χ2n) is 5.54. The molecular weight excluding hydrogens is 286 g/mol. The highest BCUT2D eigenvalue weighted by atomic mass is 32.2. The zero-order chi connectivity index (χ0) is 14.8. The van der Waals surface area contributed by atoms with Crippen molar-refractivity contribution >= 4 is 10.1 Å². The number of benzene rings is 1. The van der Waals surface area contributed by atoms with Gasteiger partial charge in [-0.3, -0.25) is 4.18 Å². The Morgan fingerprint density at radius 1 is 0.952 bits per heavy atom. The summed E-state index contributed by atoms with van der Waals surface area (Å²) in [6.07, 6.45) is 6.75. The van der Waals surface area contributed by atoms with Crippen molar-refractivity contribution in [2.24, 2.45) is 5.92 Å². The summed E-state index contributed by atoms with van der Waals surface area (Å²) in [6.45, 7) is 4.76. The third-order valence-corrected chi connectivity index (χ3v) is 4.52. The van der Waals surface area contributed by atoms with Crippen molar-refractivity contribution in [2.45, 2.75) is 57.3 Å². The van der Waals surface area contributed by atoms with Crippen molar-refractivity contribution in [3.8, 4) is 0 Å². The molecule has 0 atom stereocenters. The van der Waals surface area contributed by atoms with E-state index in [2.05, 4.69) is 13.8 Å². The summed E-state index contributed by atoms with van der Waals surface area (Å²) in [4.78, 5) is 0.233. The lowest BCUT2D eigenvalue weighted by molar-refractivity contribution is 0.306. The number of rotatable bonds is 10. The van der Waals surface area contributed by atoms with Crippen molar-refractivity contribution in [1.82, 2.24) is 6.15 Å². The first-order valence-electron chi connectivity index (χ1n) is 7.47. The molecule has 0 aliphatic carbocycles. The van der Waals surface area contributed by atoms with Gasteiger partial charge in [0.1, 0.15) is 0 Å². The van der Waals surface area contributed by atoms with Crippen molar-refractivity contribution in [3.05, 3.63) is 30.3 Å². The van der Waals surface area contributed by atoms with Crippen LogP contribution in [0.15, 0.2) is 35.2 Å². The topological polar surface area (TPSA) is 78.4 Å². The van der Waals surface area contributed by atoms with Crippen LogP contribution in [0.3, 0.4) is 0 Å². The van der Waals surface area contributed by atoms with Crippen LogP contribution >= 0.6 is 0 Å². The van der Waals surface area contributed by atoms with Gasteiger partial charge in [-0.05, 0) is 24.5 Å². The van der Waals surface area contributed by atoms with Crippen LogP contribution in [0, 0.1) is 5.92 Å². The van der Waals surface area contributed by atoms with E-state index in [1.807, 2.05) is 0 Å². The maximum Gasteiger partial charge on any atom is 0.296 e. The van der Waals surface area contributed by atoms with E-state index in [-0.39, 0.29) is 17.7 Å². The second-order valence-corrected chi connectivity index (χ2v) is 7.15. The molecule has 0 heterocycles. The normalized spacial score (nSPS) is 11.4. The quantitative estimate of drug-likeness (QED) is 0.507. The number of hydrogen-bond acceptors (Lipinski definition) is 4. The molecule has 122 valence electrons. The lowest BCUT2D eigenvalue weighted by Crippen LogP contribution is -2.07. The van der Waals surface area contributed by atoms with Crippen LogP contribution in [0.25, 0.3) is 0 Å². The van der Waals surface area contributed by atoms with E-state index in [0.717, 1.165) is 25.2 Å².